The molecule has 0 bridgehead atoms. The molecule has 0 spiro atoms. The van der Waals surface area contributed by atoms with Crippen molar-refractivity contribution in [2.24, 2.45) is 5.92 Å². The lowest BCUT2D eigenvalue weighted by molar-refractivity contribution is -0.145. The molecule has 1 fully saturated rings. The van der Waals surface area contributed by atoms with Crippen LogP contribution in [0.1, 0.15) is 102 Å². The number of benzene rings is 1. The molecule has 5 nitrogen and oxygen atoms in total. The molecule has 0 saturated heterocycles. The van der Waals surface area contributed by atoms with Gasteiger partial charge in [-0.3, -0.25) is 0 Å². The van der Waals surface area contributed by atoms with E-state index < -0.39 is 24.0 Å². The Labute approximate surface area is 218 Å². The monoisotopic (exact) mass is 498 g/mol. The number of aliphatic hydroxyl groups excluding tert-OH is 1. The second kappa shape index (κ2) is 15.0. The normalized spacial score (nSPS) is 19.2. The minimum atomic E-state index is -0.746. The van der Waals surface area contributed by atoms with E-state index in [0.717, 1.165) is 11.5 Å². The predicted molar refractivity (Wildman–Crippen MR) is 145 cm³/mol. The Balaban J connectivity index is 2.00. The molecular formula is C31H46O5. The van der Waals surface area contributed by atoms with E-state index in [9.17, 15) is 9.59 Å². The van der Waals surface area contributed by atoms with Crippen LogP contribution in [-0.2, 0) is 24.5 Å². The molecule has 1 unspecified atom stereocenters. The molecule has 1 N–H and O–H groups in total. The van der Waals surface area contributed by atoms with E-state index in [1.807, 2.05) is 6.92 Å². The summed E-state index contributed by atoms with van der Waals surface area (Å²) < 4.78 is 10.9. The molecule has 0 aliphatic heterocycles. The summed E-state index contributed by atoms with van der Waals surface area (Å²) in [6.07, 6.45) is 13.2. The molecule has 0 amide bonds. The van der Waals surface area contributed by atoms with Gasteiger partial charge >= 0.3 is 11.9 Å². The number of unbranched alkanes of at least 4 members (excludes halogenated alkanes) is 4. The third-order valence-corrected chi connectivity index (χ3v) is 7.51. The van der Waals surface area contributed by atoms with Crippen molar-refractivity contribution in [1.82, 2.24) is 0 Å². The van der Waals surface area contributed by atoms with E-state index in [1.165, 1.54) is 69.8 Å². The summed E-state index contributed by atoms with van der Waals surface area (Å²) in [7, 11) is 0. The second-order valence-electron chi connectivity index (χ2n) is 10.8. The number of hydrogen-bond acceptors (Lipinski definition) is 5. The summed E-state index contributed by atoms with van der Waals surface area (Å²) in [5.74, 6) is 0.310. The van der Waals surface area contributed by atoms with E-state index in [1.54, 1.807) is 6.92 Å². The van der Waals surface area contributed by atoms with Crippen LogP contribution in [0.3, 0.4) is 0 Å². The number of hydrogen-bond donors (Lipinski definition) is 1. The minimum Gasteiger partial charge on any atom is -0.461 e. The smallest absolute Gasteiger partial charge is 0.335 e. The molecule has 1 aliphatic rings. The van der Waals surface area contributed by atoms with Gasteiger partial charge in [-0.1, -0.05) is 82.9 Å². The summed E-state index contributed by atoms with van der Waals surface area (Å²) >= 11 is 0. The molecule has 1 aromatic carbocycles. The van der Waals surface area contributed by atoms with Crippen LogP contribution in [0.25, 0.3) is 0 Å². The van der Waals surface area contributed by atoms with Crippen LogP contribution in [0, 0.1) is 5.92 Å². The predicted octanol–water partition coefficient (Wildman–Crippen LogP) is 6.79. The van der Waals surface area contributed by atoms with Crippen LogP contribution in [0.5, 0.6) is 0 Å². The van der Waals surface area contributed by atoms with E-state index >= 15 is 0 Å². The molecule has 0 heterocycles. The fourth-order valence-corrected chi connectivity index (χ4v) is 4.93. The van der Waals surface area contributed by atoms with Gasteiger partial charge in [0.1, 0.15) is 13.2 Å². The summed E-state index contributed by atoms with van der Waals surface area (Å²) in [5.41, 5.74) is 1.82. The molecule has 1 aliphatic carbocycles. The lowest BCUT2D eigenvalue weighted by atomic mass is 9.76. The summed E-state index contributed by atoms with van der Waals surface area (Å²) in [6, 6.07) is 8.44. The first-order chi connectivity index (χ1) is 17.2. The van der Waals surface area contributed by atoms with Crippen LogP contribution in [0.4, 0.5) is 0 Å². The Kier molecular flexibility index (Phi) is 12.4. The highest BCUT2D eigenvalue weighted by atomic mass is 16.5. The van der Waals surface area contributed by atoms with E-state index in [2.05, 4.69) is 44.3 Å². The molecule has 1 atom stereocenters. The Morgan fingerprint density at radius 1 is 0.944 bits per heavy atom. The average molecular weight is 499 g/mol. The number of carbonyl (C=O) groups excluding carboxylic acids is 2. The van der Waals surface area contributed by atoms with Crippen molar-refractivity contribution in [2.45, 2.75) is 96.3 Å². The molecule has 36 heavy (non-hydrogen) atoms. The maximum Gasteiger partial charge on any atom is 0.335 e. The van der Waals surface area contributed by atoms with Crippen molar-refractivity contribution < 1.29 is 24.2 Å². The largest absolute Gasteiger partial charge is 0.461 e. The standard InChI is InChI=1S/C31H46O5/c1-6-7-8-9-10-11-25-12-14-26(15-13-25)27-16-18-28(19-17-27)31(5,21-35-29(33)23(2)3)22-36-30(34)24(4)20-32/h16-19,25-26,32H,2,4,6-15,20-22H2,1,3,5H3. The summed E-state index contributed by atoms with van der Waals surface area (Å²) in [4.78, 5) is 24.1. The highest BCUT2D eigenvalue weighted by Gasteiger charge is 2.32. The Morgan fingerprint density at radius 3 is 2.08 bits per heavy atom. The van der Waals surface area contributed by atoms with Crippen molar-refractivity contribution in [3.8, 4) is 0 Å². The zero-order valence-electron chi connectivity index (χ0n) is 22.7. The number of rotatable bonds is 15. The molecule has 0 aromatic heterocycles. The van der Waals surface area contributed by atoms with Crippen molar-refractivity contribution in [3.05, 3.63) is 59.7 Å². The van der Waals surface area contributed by atoms with Gasteiger partial charge in [0.15, 0.2) is 0 Å². The number of carbonyl (C=O) groups is 2. The highest BCUT2D eigenvalue weighted by Crippen LogP contribution is 2.38. The van der Waals surface area contributed by atoms with Crippen LogP contribution in [-0.4, -0.2) is 36.9 Å². The fourth-order valence-electron chi connectivity index (χ4n) is 4.93. The van der Waals surface area contributed by atoms with E-state index in [0.29, 0.717) is 11.5 Å². The fraction of sp³-hybridized carbons (Fsp3) is 0.613. The van der Waals surface area contributed by atoms with Gasteiger partial charge in [0.25, 0.3) is 0 Å². The lowest BCUT2D eigenvalue weighted by Gasteiger charge is -2.31. The lowest BCUT2D eigenvalue weighted by Crippen LogP contribution is -2.36. The SMILES string of the molecule is C=C(C)C(=O)OCC(C)(COC(=O)C(=C)CO)c1ccc(C2CCC(CCCCCCC)CC2)cc1. The van der Waals surface area contributed by atoms with Crippen molar-refractivity contribution in [2.75, 3.05) is 19.8 Å². The number of aliphatic hydroxyl groups is 1. The van der Waals surface area contributed by atoms with Gasteiger partial charge < -0.3 is 14.6 Å². The number of esters is 2. The van der Waals surface area contributed by atoms with E-state index in [-0.39, 0.29) is 18.8 Å². The molecule has 0 radical (unpaired) electrons. The summed E-state index contributed by atoms with van der Waals surface area (Å²) in [5, 5.41) is 9.15. The van der Waals surface area contributed by atoms with Gasteiger partial charge in [0, 0.05) is 5.57 Å². The first kappa shape index (κ1) is 29.8. The van der Waals surface area contributed by atoms with Crippen molar-refractivity contribution >= 4 is 11.9 Å². The Bertz CT molecular complexity index is 863. The first-order valence-electron chi connectivity index (χ1n) is 13.6. The van der Waals surface area contributed by atoms with Crippen LogP contribution in [0.2, 0.25) is 0 Å². The van der Waals surface area contributed by atoms with Gasteiger partial charge in [-0.05, 0) is 62.5 Å². The third kappa shape index (κ3) is 9.24. The van der Waals surface area contributed by atoms with Crippen LogP contribution < -0.4 is 0 Å². The van der Waals surface area contributed by atoms with E-state index in [4.69, 9.17) is 14.6 Å². The van der Waals surface area contributed by atoms with Gasteiger partial charge in [-0.25, -0.2) is 9.59 Å². The molecule has 200 valence electrons. The zero-order valence-corrected chi connectivity index (χ0v) is 22.7. The van der Waals surface area contributed by atoms with Gasteiger partial charge in [0.2, 0.25) is 0 Å². The average Bonchev–Trinajstić information content (AvgIpc) is 2.90. The zero-order chi connectivity index (χ0) is 26.6. The minimum absolute atomic E-state index is 0.00294. The van der Waals surface area contributed by atoms with Crippen LogP contribution >= 0.6 is 0 Å². The third-order valence-electron chi connectivity index (χ3n) is 7.51. The maximum atomic E-state index is 12.1. The molecular weight excluding hydrogens is 452 g/mol. The quantitative estimate of drug-likeness (QED) is 0.164. The van der Waals surface area contributed by atoms with Gasteiger partial charge in [0.05, 0.1) is 17.6 Å². The van der Waals surface area contributed by atoms with Gasteiger partial charge in [-0.2, -0.15) is 0 Å². The van der Waals surface area contributed by atoms with Crippen LogP contribution in [0.15, 0.2) is 48.6 Å². The Hall–Kier alpha value is -2.40. The first-order valence-corrected chi connectivity index (χ1v) is 13.6. The maximum absolute atomic E-state index is 12.1. The van der Waals surface area contributed by atoms with Gasteiger partial charge in [-0.15, -0.1) is 0 Å². The second-order valence-corrected chi connectivity index (χ2v) is 10.8. The Morgan fingerprint density at radius 2 is 1.53 bits per heavy atom. The molecule has 1 aromatic rings. The summed E-state index contributed by atoms with van der Waals surface area (Å²) in [6.45, 7) is 12.5. The topological polar surface area (TPSA) is 72.8 Å². The molecule has 2 rings (SSSR count). The number of ether oxygens (including phenoxy) is 2. The van der Waals surface area contributed by atoms with Crippen molar-refractivity contribution in [1.29, 1.82) is 0 Å². The molecule has 5 heteroatoms. The molecule has 1 saturated carbocycles. The van der Waals surface area contributed by atoms with Crippen molar-refractivity contribution in [3.63, 3.8) is 0 Å². The highest BCUT2D eigenvalue weighted by molar-refractivity contribution is 5.88.